The van der Waals surface area contributed by atoms with E-state index < -0.39 is 11.7 Å². The molecule has 162 valence electrons. The minimum absolute atomic E-state index is 0.0226. The van der Waals surface area contributed by atoms with Crippen LogP contribution in [0.25, 0.3) is 0 Å². The van der Waals surface area contributed by atoms with Crippen LogP contribution in [0.5, 0.6) is 0 Å². The van der Waals surface area contributed by atoms with Crippen LogP contribution < -0.4 is 0 Å². The summed E-state index contributed by atoms with van der Waals surface area (Å²) in [5.74, 6) is -0.261. The largest absolute Gasteiger partial charge is 0.416 e. The van der Waals surface area contributed by atoms with Crippen molar-refractivity contribution in [2.75, 3.05) is 40.3 Å². The number of rotatable bonds is 7. The van der Waals surface area contributed by atoms with Gasteiger partial charge in [0.05, 0.1) is 12.1 Å². The fourth-order valence-electron chi connectivity index (χ4n) is 3.32. The summed E-state index contributed by atoms with van der Waals surface area (Å²) < 4.78 is 39.0. The van der Waals surface area contributed by atoms with Gasteiger partial charge in [0.1, 0.15) is 0 Å². The summed E-state index contributed by atoms with van der Waals surface area (Å²) in [6.07, 6.45) is -0.225. The maximum absolute atomic E-state index is 13.0. The lowest BCUT2D eigenvalue weighted by atomic mass is 10.1. The molecule has 0 bridgehead atoms. The van der Waals surface area contributed by atoms with E-state index in [0.29, 0.717) is 31.6 Å². The van der Waals surface area contributed by atoms with Crippen molar-refractivity contribution in [2.45, 2.75) is 44.8 Å². The summed E-state index contributed by atoms with van der Waals surface area (Å²) in [5, 5.41) is 0. The Balaban J connectivity index is 2.12. The number of alkyl halides is 3. The molecule has 2 rings (SSSR count). The Morgan fingerprint density at radius 2 is 1.83 bits per heavy atom. The molecule has 1 aromatic carbocycles. The smallest absolute Gasteiger partial charge is 0.336 e. The quantitative estimate of drug-likeness (QED) is 0.688. The van der Waals surface area contributed by atoms with Gasteiger partial charge in [-0.2, -0.15) is 13.2 Å². The van der Waals surface area contributed by atoms with Crippen molar-refractivity contribution >= 4 is 11.8 Å². The van der Waals surface area contributed by atoms with Crippen molar-refractivity contribution in [3.8, 4) is 0 Å². The van der Waals surface area contributed by atoms with Gasteiger partial charge in [0.25, 0.3) is 0 Å². The average Bonchev–Trinajstić information content (AvgIpc) is 2.64. The average molecular weight is 413 g/mol. The highest BCUT2D eigenvalue weighted by Crippen LogP contribution is 2.29. The molecule has 1 fully saturated rings. The number of carbonyl (C=O) groups excluding carboxylic acids is 2. The van der Waals surface area contributed by atoms with Gasteiger partial charge in [0, 0.05) is 32.6 Å². The van der Waals surface area contributed by atoms with Crippen molar-refractivity contribution in [1.29, 1.82) is 0 Å². The molecule has 0 atom stereocenters. The Hall–Kier alpha value is -2.09. The second-order valence-corrected chi connectivity index (χ2v) is 7.80. The summed E-state index contributed by atoms with van der Waals surface area (Å²) in [7, 11) is 3.74. The molecular weight excluding hydrogens is 383 g/mol. The van der Waals surface area contributed by atoms with Crippen molar-refractivity contribution in [1.82, 2.24) is 14.7 Å². The van der Waals surface area contributed by atoms with Crippen LogP contribution in [-0.4, -0.2) is 66.8 Å². The highest BCUT2D eigenvalue weighted by Gasteiger charge is 2.30. The van der Waals surface area contributed by atoms with E-state index in [1.54, 1.807) is 15.9 Å². The van der Waals surface area contributed by atoms with Crippen LogP contribution in [0.15, 0.2) is 24.3 Å². The first kappa shape index (κ1) is 23.2. The van der Waals surface area contributed by atoms with Crippen LogP contribution in [0.4, 0.5) is 13.2 Å². The van der Waals surface area contributed by atoms with Crippen molar-refractivity contribution in [3.05, 3.63) is 35.4 Å². The number of likely N-dealkylation sites (N-methyl/N-ethyl adjacent to an activating group) is 1. The molecule has 0 unspecified atom stereocenters. The van der Waals surface area contributed by atoms with Crippen molar-refractivity contribution in [2.24, 2.45) is 0 Å². The van der Waals surface area contributed by atoms with E-state index in [1.807, 2.05) is 19.0 Å². The maximum atomic E-state index is 13.0. The highest BCUT2D eigenvalue weighted by atomic mass is 19.4. The van der Waals surface area contributed by atoms with E-state index in [0.717, 1.165) is 37.8 Å². The Kier molecular flexibility index (Phi) is 8.49. The molecule has 1 aromatic rings. The lowest BCUT2D eigenvalue weighted by Crippen LogP contribution is -2.45. The van der Waals surface area contributed by atoms with E-state index in [-0.39, 0.29) is 24.9 Å². The van der Waals surface area contributed by atoms with Crippen LogP contribution >= 0.6 is 0 Å². The third-order valence-electron chi connectivity index (χ3n) is 5.05. The molecular formula is C21H30F3N3O2. The zero-order chi connectivity index (χ0) is 21.4. The zero-order valence-electron chi connectivity index (χ0n) is 17.2. The summed E-state index contributed by atoms with van der Waals surface area (Å²) in [6.45, 7) is 1.57. The molecule has 1 aliphatic rings. The molecule has 0 aliphatic carbocycles. The van der Waals surface area contributed by atoms with Gasteiger partial charge >= 0.3 is 6.18 Å². The minimum atomic E-state index is -4.43. The number of hydrogen-bond acceptors (Lipinski definition) is 3. The maximum Gasteiger partial charge on any atom is 0.416 e. The third-order valence-corrected chi connectivity index (χ3v) is 5.05. The van der Waals surface area contributed by atoms with E-state index in [2.05, 4.69) is 0 Å². The molecule has 0 saturated carbocycles. The zero-order valence-corrected chi connectivity index (χ0v) is 17.2. The molecule has 0 aromatic heterocycles. The molecule has 2 amide bonds. The van der Waals surface area contributed by atoms with Crippen molar-refractivity contribution < 1.29 is 22.8 Å². The molecule has 0 spiro atoms. The topological polar surface area (TPSA) is 43.9 Å². The summed E-state index contributed by atoms with van der Waals surface area (Å²) in [5.41, 5.74) is -0.306. The summed E-state index contributed by atoms with van der Waals surface area (Å²) in [4.78, 5) is 30.3. The van der Waals surface area contributed by atoms with Gasteiger partial charge in [-0.25, -0.2) is 0 Å². The summed E-state index contributed by atoms with van der Waals surface area (Å²) in [6, 6.07) is 5.05. The Labute approximate surface area is 170 Å². The monoisotopic (exact) mass is 413 g/mol. The van der Waals surface area contributed by atoms with Gasteiger partial charge in [-0.1, -0.05) is 25.0 Å². The number of hydrogen-bond donors (Lipinski definition) is 0. The first-order chi connectivity index (χ1) is 13.7. The van der Waals surface area contributed by atoms with Crippen LogP contribution in [0.3, 0.4) is 0 Å². The third kappa shape index (κ3) is 7.68. The van der Waals surface area contributed by atoms with Crippen LogP contribution in [0.2, 0.25) is 0 Å². The van der Waals surface area contributed by atoms with E-state index >= 15 is 0 Å². The standard InChI is InChI=1S/C21H30F3N3O2/c1-25(2)12-13-27(15-17-8-7-9-18(14-17)21(22,23)24)20(29)16-26-11-6-4-3-5-10-19(26)28/h7-9,14H,3-6,10-13,15-16H2,1-2H3. The number of halogens is 3. The van der Waals surface area contributed by atoms with Crippen LogP contribution in [0.1, 0.15) is 43.2 Å². The molecule has 8 heteroatoms. The van der Waals surface area contributed by atoms with E-state index in [4.69, 9.17) is 0 Å². The predicted molar refractivity (Wildman–Crippen MR) is 105 cm³/mol. The number of nitrogens with zero attached hydrogens (tertiary/aromatic N) is 3. The summed E-state index contributed by atoms with van der Waals surface area (Å²) >= 11 is 0. The molecule has 29 heavy (non-hydrogen) atoms. The van der Waals surface area contributed by atoms with Gasteiger partial charge in [-0.3, -0.25) is 9.59 Å². The van der Waals surface area contributed by atoms with Gasteiger partial charge in [0.15, 0.2) is 0 Å². The molecule has 0 N–H and O–H groups in total. The molecule has 1 aliphatic heterocycles. The minimum Gasteiger partial charge on any atom is -0.336 e. The Morgan fingerprint density at radius 1 is 1.10 bits per heavy atom. The SMILES string of the molecule is CN(C)CCN(Cc1cccc(C(F)(F)F)c1)C(=O)CN1CCCCCCC1=O. The number of amides is 2. The predicted octanol–water partition coefficient (Wildman–Crippen LogP) is 3.39. The Bertz CT molecular complexity index is 692. The lowest BCUT2D eigenvalue weighted by molar-refractivity contribution is -0.141. The lowest BCUT2D eigenvalue weighted by Gasteiger charge is -2.29. The fourth-order valence-corrected chi connectivity index (χ4v) is 3.32. The van der Waals surface area contributed by atoms with Gasteiger partial charge in [0.2, 0.25) is 11.8 Å². The van der Waals surface area contributed by atoms with Gasteiger partial charge in [-0.05, 0) is 44.6 Å². The fraction of sp³-hybridized carbons (Fsp3) is 0.619. The molecule has 1 heterocycles. The number of benzene rings is 1. The molecule has 0 radical (unpaired) electrons. The van der Waals surface area contributed by atoms with Crippen LogP contribution in [0, 0.1) is 0 Å². The van der Waals surface area contributed by atoms with E-state index in [9.17, 15) is 22.8 Å². The number of carbonyl (C=O) groups is 2. The van der Waals surface area contributed by atoms with E-state index in [1.165, 1.54) is 6.07 Å². The van der Waals surface area contributed by atoms with Gasteiger partial charge in [-0.15, -0.1) is 0 Å². The first-order valence-electron chi connectivity index (χ1n) is 10.0. The molecule has 1 saturated heterocycles. The van der Waals surface area contributed by atoms with Crippen LogP contribution in [-0.2, 0) is 22.3 Å². The van der Waals surface area contributed by atoms with Gasteiger partial charge < -0.3 is 14.7 Å². The first-order valence-corrected chi connectivity index (χ1v) is 10.0. The number of likely N-dealkylation sites (tertiary alicyclic amines) is 1. The Morgan fingerprint density at radius 3 is 2.52 bits per heavy atom. The van der Waals surface area contributed by atoms with Crippen molar-refractivity contribution in [3.63, 3.8) is 0 Å². The molecule has 5 nitrogen and oxygen atoms in total. The second-order valence-electron chi connectivity index (χ2n) is 7.80. The normalized spacial score (nSPS) is 15.9. The highest BCUT2D eigenvalue weighted by molar-refractivity contribution is 5.85. The second kappa shape index (κ2) is 10.6.